The largest absolute Gasteiger partial charge is 0.489 e. The molecule has 0 fully saturated rings. The minimum absolute atomic E-state index is 0.307. The zero-order chi connectivity index (χ0) is 9.68. The Morgan fingerprint density at radius 3 is 3.08 bits per heavy atom. The van der Waals surface area contributed by atoms with Gasteiger partial charge in [-0.3, -0.25) is 0 Å². The molecule has 0 spiro atoms. The van der Waals surface area contributed by atoms with Crippen molar-refractivity contribution in [3.05, 3.63) is 17.7 Å². The van der Waals surface area contributed by atoms with Crippen molar-refractivity contribution in [2.45, 2.75) is 6.92 Å². The van der Waals surface area contributed by atoms with Gasteiger partial charge in [-0.15, -0.1) is 0 Å². The van der Waals surface area contributed by atoms with E-state index >= 15 is 0 Å². The molecule has 1 rings (SSSR count). The van der Waals surface area contributed by atoms with Gasteiger partial charge in [0.2, 0.25) is 0 Å². The van der Waals surface area contributed by atoms with Crippen LogP contribution in [0.2, 0.25) is 0 Å². The van der Waals surface area contributed by atoms with Crippen molar-refractivity contribution in [1.29, 1.82) is 0 Å². The molecule has 1 heterocycles. The van der Waals surface area contributed by atoms with E-state index in [1.165, 1.54) is 18.0 Å². The van der Waals surface area contributed by atoms with E-state index < -0.39 is 0 Å². The van der Waals surface area contributed by atoms with Gasteiger partial charge in [-0.05, 0) is 13.2 Å². The molecule has 0 saturated carbocycles. The third-order valence-electron chi connectivity index (χ3n) is 1.37. The second kappa shape index (κ2) is 4.74. The van der Waals surface area contributed by atoms with Gasteiger partial charge in [0.05, 0.1) is 12.8 Å². The molecule has 0 amide bonds. The third kappa shape index (κ3) is 2.37. The van der Waals surface area contributed by atoms with Crippen molar-refractivity contribution in [2.24, 2.45) is 4.99 Å². The molecular weight excluding hydrogens is 188 g/mol. The first-order valence-corrected chi connectivity index (χ1v) is 5.01. The molecule has 0 aliphatic carbocycles. The number of hydrogen-bond acceptors (Lipinski definition) is 5. The average molecular weight is 198 g/mol. The molecule has 13 heavy (non-hydrogen) atoms. The van der Waals surface area contributed by atoms with Crippen LogP contribution < -0.4 is 5.32 Å². The van der Waals surface area contributed by atoms with Crippen LogP contribution in [-0.2, 0) is 9.53 Å². The van der Waals surface area contributed by atoms with Gasteiger partial charge in [0.25, 0.3) is 0 Å². The summed E-state index contributed by atoms with van der Waals surface area (Å²) in [5.74, 6) is 2.21. The van der Waals surface area contributed by atoms with Crippen LogP contribution in [0.3, 0.4) is 0 Å². The molecular formula is C8H10N2O2S. The van der Waals surface area contributed by atoms with Crippen LogP contribution in [-0.4, -0.2) is 24.0 Å². The Balaban J connectivity index is 2.86. The van der Waals surface area contributed by atoms with Crippen LogP contribution in [0.4, 0.5) is 0 Å². The van der Waals surface area contributed by atoms with Crippen LogP contribution >= 0.6 is 11.8 Å². The smallest absolute Gasteiger partial charge is 0.172 e. The molecule has 5 heteroatoms. The first-order chi connectivity index (χ1) is 6.31. The molecule has 0 aromatic carbocycles. The molecule has 70 valence electrons. The third-order valence-corrected chi connectivity index (χ3v) is 1.97. The zero-order valence-corrected chi connectivity index (χ0v) is 8.27. The fourth-order valence-electron chi connectivity index (χ4n) is 0.827. The summed E-state index contributed by atoms with van der Waals surface area (Å²) >= 11 is 1.42. The average Bonchev–Trinajstić information content (AvgIpc) is 2.19. The lowest BCUT2D eigenvalue weighted by atomic mass is 10.4. The summed E-state index contributed by atoms with van der Waals surface area (Å²) in [7, 11) is 0. The first kappa shape index (κ1) is 9.89. The summed E-state index contributed by atoms with van der Waals surface area (Å²) in [4.78, 5) is 14.5. The van der Waals surface area contributed by atoms with Crippen LogP contribution in [0.5, 0.6) is 0 Å². The second-order valence-corrected chi connectivity index (χ2v) is 2.96. The fourth-order valence-corrected chi connectivity index (χ4v) is 1.19. The zero-order valence-electron chi connectivity index (χ0n) is 7.46. The molecule has 1 aliphatic rings. The minimum atomic E-state index is 0.307. The molecule has 4 nitrogen and oxygen atoms in total. The number of rotatable bonds is 2. The molecule has 0 radical (unpaired) electrons. The van der Waals surface area contributed by atoms with Crippen LogP contribution in [0.15, 0.2) is 22.6 Å². The number of nitrogens with zero attached hydrogens (tertiary/aromatic N) is 1. The maximum absolute atomic E-state index is 10.5. The second-order valence-electron chi connectivity index (χ2n) is 2.17. The Hall–Kier alpha value is -1.19. The first-order valence-electron chi connectivity index (χ1n) is 3.79. The molecule has 0 aromatic rings. The van der Waals surface area contributed by atoms with E-state index in [9.17, 15) is 4.79 Å². The predicted molar refractivity (Wildman–Crippen MR) is 53.0 cm³/mol. The number of ether oxygens (including phenoxy) is 1. The minimum Gasteiger partial charge on any atom is -0.489 e. The van der Waals surface area contributed by atoms with Crippen LogP contribution in [0, 0.1) is 0 Å². The maximum Gasteiger partial charge on any atom is 0.172 e. The predicted octanol–water partition coefficient (Wildman–Crippen LogP) is 0.902. The van der Waals surface area contributed by atoms with Gasteiger partial charge in [-0.25, -0.2) is 9.79 Å². The van der Waals surface area contributed by atoms with Gasteiger partial charge in [-0.2, -0.15) is 0 Å². The maximum atomic E-state index is 10.5. The highest BCUT2D eigenvalue weighted by atomic mass is 32.2. The van der Waals surface area contributed by atoms with E-state index in [1.54, 1.807) is 5.94 Å². The molecule has 0 saturated heterocycles. The number of hydrogen-bond donors (Lipinski definition) is 1. The van der Waals surface area contributed by atoms with E-state index in [4.69, 9.17) is 4.74 Å². The van der Waals surface area contributed by atoms with Gasteiger partial charge >= 0.3 is 0 Å². The number of carbonyl (C=O) groups excluding carboxylic acids is 1. The Labute approximate surface area is 80.8 Å². The van der Waals surface area contributed by atoms with Crippen LogP contribution in [0.1, 0.15) is 6.92 Å². The summed E-state index contributed by atoms with van der Waals surface area (Å²) in [6.07, 6.45) is 3.39. The Morgan fingerprint density at radius 1 is 1.77 bits per heavy atom. The topological polar surface area (TPSA) is 50.7 Å². The monoisotopic (exact) mass is 198 g/mol. The van der Waals surface area contributed by atoms with Gasteiger partial charge < -0.3 is 10.1 Å². The van der Waals surface area contributed by atoms with E-state index in [0.717, 1.165) is 0 Å². The quantitative estimate of drug-likeness (QED) is 0.670. The lowest BCUT2D eigenvalue weighted by Gasteiger charge is -2.14. The van der Waals surface area contributed by atoms with E-state index in [-0.39, 0.29) is 0 Å². The highest BCUT2D eigenvalue weighted by molar-refractivity contribution is 8.13. The number of aliphatic imine (C=N–C) groups is 1. The van der Waals surface area contributed by atoms with Crippen molar-refractivity contribution in [3.63, 3.8) is 0 Å². The SMILES string of the molecule is CCOC1=CN=C(SC)NC1=C=O. The Kier molecular flexibility index (Phi) is 3.61. The molecule has 0 bridgehead atoms. The lowest BCUT2D eigenvalue weighted by Crippen LogP contribution is -2.25. The van der Waals surface area contributed by atoms with Crippen molar-refractivity contribution < 1.29 is 9.53 Å². The molecule has 0 atom stereocenters. The van der Waals surface area contributed by atoms with Gasteiger partial charge in [0, 0.05) is 0 Å². The Morgan fingerprint density at radius 2 is 2.54 bits per heavy atom. The van der Waals surface area contributed by atoms with Crippen molar-refractivity contribution in [2.75, 3.05) is 12.9 Å². The Bertz CT molecular complexity index is 303. The van der Waals surface area contributed by atoms with Crippen molar-refractivity contribution >= 4 is 22.9 Å². The van der Waals surface area contributed by atoms with Crippen molar-refractivity contribution in [3.8, 4) is 0 Å². The molecule has 1 aliphatic heterocycles. The van der Waals surface area contributed by atoms with E-state index in [0.29, 0.717) is 23.2 Å². The van der Waals surface area contributed by atoms with Gasteiger partial charge in [0.1, 0.15) is 0 Å². The number of nitrogens with one attached hydrogen (secondary N) is 1. The fraction of sp³-hybridized carbons (Fsp3) is 0.375. The molecule has 0 aromatic heterocycles. The van der Waals surface area contributed by atoms with E-state index in [2.05, 4.69) is 10.3 Å². The molecule has 0 unspecified atom stereocenters. The summed E-state index contributed by atoms with van der Waals surface area (Å²) in [5.41, 5.74) is 0.307. The summed E-state index contributed by atoms with van der Waals surface area (Å²) in [6.45, 7) is 2.35. The van der Waals surface area contributed by atoms with Crippen LogP contribution in [0.25, 0.3) is 0 Å². The highest BCUT2D eigenvalue weighted by Crippen LogP contribution is 2.13. The van der Waals surface area contributed by atoms with E-state index in [1.807, 2.05) is 13.2 Å². The van der Waals surface area contributed by atoms with Gasteiger partial charge in [0.15, 0.2) is 22.6 Å². The highest BCUT2D eigenvalue weighted by Gasteiger charge is 2.13. The van der Waals surface area contributed by atoms with Gasteiger partial charge in [-0.1, -0.05) is 11.8 Å². The standard InChI is InChI=1S/C8H10N2O2S/c1-3-12-7-4-9-8(13-2)10-6(7)5-11/h4H,3H2,1-2H3,(H,9,10). The summed E-state index contributed by atoms with van der Waals surface area (Å²) < 4.78 is 5.16. The lowest BCUT2D eigenvalue weighted by molar-refractivity contribution is 0.234. The summed E-state index contributed by atoms with van der Waals surface area (Å²) in [5, 5.41) is 3.47. The van der Waals surface area contributed by atoms with Crippen molar-refractivity contribution in [1.82, 2.24) is 5.32 Å². The molecule has 1 N–H and O–H groups in total. The number of amidine groups is 1. The summed E-state index contributed by atoms with van der Waals surface area (Å²) in [6, 6.07) is 0. The normalized spacial score (nSPS) is 15.4. The number of thioether (sulfide) groups is 1.